The highest BCUT2D eigenvalue weighted by molar-refractivity contribution is 5.19. The van der Waals surface area contributed by atoms with Gasteiger partial charge in [-0.25, -0.2) is 0 Å². The highest BCUT2D eigenvalue weighted by Crippen LogP contribution is 2.30. The molecule has 0 atom stereocenters. The molecule has 0 N–H and O–H groups in total. The van der Waals surface area contributed by atoms with E-state index in [1.165, 1.54) is 24.8 Å². The molecule has 0 aliphatic rings. The van der Waals surface area contributed by atoms with Crippen molar-refractivity contribution >= 4 is 0 Å². The molecule has 0 aliphatic heterocycles. The predicted octanol–water partition coefficient (Wildman–Crippen LogP) is 3.45. The van der Waals surface area contributed by atoms with Crippen molar-refractivity contribution in [3.05, 3.63) is 17.5 Å². The van der Waals surface area contributed by atoms with Crippen LogP contribution in [0.2, 0.25) is 0 Å². The molecule has 0 fully saturated rings. The third-order valence-electron chi connectivity index (χ3n) is 2.52. The third-order valence-corrected chi connectivity index (χ3v) is 2.52. The fraction of sp³-hybridized carbons (Fsp3) is 0.727. The summed E-state index contributed by atoms with van der Waals surface area (Å²) < 4.78 is 5.28. The summed E-state index contributed by atoms with van der Waals surface area (Å²) in [7, 11) is 0. The van der Waals surface area contributed by atoms with Gasteiger partial charge in [0.1, 0.15) is 5.76 Å². The maximum atomic E-state index is 5.28. The number of hydrogen-bond acceptors (Lipinski definition) is 2. The molecule has 2 nitrogen and oxygen atoms in total. The van der Waals surface area contributed by atoms with Gasteiger partial charge in [0.05, 0.1) is 6.20 Å². The first kappa shape index (κ1) is 10.3. The number of nitrogens with zero attached hydrogens (tertiary/aromatic N) is 1. The molecule has 1 aromatic rings. The Kier molecular flexibility index (Phi) is 3.12. The van der Waals surface area contributed by atoms with Crippen molar-refractivity contribution in [3.8, 4) is 0 Å². The molecule has 74 valence electrons. The summed E-state index contributed by atoms with van der Waals surface area (Å²) in [6.45, 7) is 8.70. The molecule has 0 saturated heterocycles. The number of aryl methyl sites for hydroxylation is 1. The Balaban J connectivity index is 2.74. The molecule has 0 saturated carbocycles. The van der Waals surface area contributed by atoms with Gasteiger partial charge in [-0.1, -0.05) is 38.8 Å². The molecule has 0 aliphatic carbocycles. The smallest absolute Gasteiger partial charge is 0.145 e. The van der Waals surface area contributed by atoms with E-state index in [0.717, 1.165) is 5.76 Å². The lowest BCUT2D eigenvalue weighted by molar-refractivity contribution is 0.299. The highest BCUT2D eigenvalue weighted by atomic mass is 16.5. The lowest BCUT2D eigenvalue weighted by Crippen LogP contribution is -2.17. The van der Waals surface area contributed by atoms with Gasteiger partial charge in [-0.2, -0.15) is 0 Å². The normalized spacial score (nSPS) is 12.0. The van der Waals surface area contributed by atoms with E-state index in [2.05, 4.69) is 32.9 Å². The molecule has 1 rings (SSSR count). The van der Waals surface area contributed by atoms with Crippen LogP contribution in [0.3, 0.4) is 0 Å². The fourth-order valence-electron chi connectivity index (χ4n) is 1.68. The van der Waals surface area contributed by atoms with Gasteiger partial charge in [-0.15, -0.1) is 0 Å². The van der Waals surface area contributed by atoms with Gasteiger partial charge in [0.15, 0.2) is 0 Å². The number of unbranched alkanes of at least 4 members (excludes halogenated alkanes) is 1. The van der Waals surface area contributed by atoms with Crippen LogP contribution in [-0.4, -0.2) is 5.16 Å². The first-order chi connectivity index (χ1) is 6.08. The standard InChI is InChI=1S/C11H19NO/c1-5-6-7-11(3,4)10-9(2)8-12-13-10/h8H,5-7H2,1-4H3. The molecule has 1 aromatic heterocycles. The zero-order valence-electron chi connectivity index (χ0n) is 9.05. The molecule has 0 spiro atoms. The minimum absolute atomic E-state index is 0.136. The largest absolute Gasteiger partial charge is 0.361 e. The Bertz CT molecular complexity index is 263. The van der Waals surface area contributed by atoms with E-state index in [-0.39, 0.29) is 5.41 Å². The quantitative estimate of drug-likeness (QED) is 0.711. The maximum Gasteiger partial charge on any atom is 0.145 e. The number of hydrogen-bond donors (Lipinski definition) is 0. The molecular formula is C11H19NO. The van der Waals surface area contributed by atoms with Gasteiger partial charge in [0, 0.05) is 11.0 Å². The van der Waals surface area contributed by atoms with Crippen LogP contribution in [0.5, 0.6) is 0 Å². The van der Waals surface area contributed by atoms with Crippen LogP contribution in [0.4, 0.5) is 0 Å². The lowest BCUT2D eigenvalue weighted by Gasteiger charge is -2.21. The van der Waals surface area contributed by atoms with E-state index in [1.807, 2.05) is 0 Å². The summed E-state index contributed by atoms with van der Waals surface area (Å²) in [5.74, 6) is 1.04. The Morgan fingerprint density at radius 1 is 1.46 bits per heavy atom. The van der Waals surface area contributed by atoms with Gasteiger partial charge in [-0.3, -0.25) is 0 Å². The monoisotopic (exact) mass is 181 g/mol. The Hall–Kier alpha value is -0.790. The van der Waals surface area contributed by atoms with Crippen LogP contribution in [0, 0.1) is 6.92 Å². The van der Waals surface area contributed by atoms with Crippen LogP contribution in [-0.2, 0) is 5.41 Å². The predicted molar refractivity (Wildman–Crippen MR) is 53.8 cm³/mol. The molecular weight excluding hydrogens is 162 g/mol. The van der Waals surface area contributed by atoms with Crippen molar-refractivity contribution in [2.45, 2.75) is 52.4 Å². The van der Waals surface area contributed by atoms with E-state index in [4.69, 9.17) is 4.52 Å². The van der Waals surface area contributed by atoms with Crippen molar-refractivity contribution in [3.63, 3.8) is 0 Å². The van der Waals surface area contributed by atoms with Crippen molar-refractivity contribution in [1.29, 1.82) is 0 Å². The first-order valence-corrected chi connectivity index (χ1v) is 4.99. The van der Waals surface area contributed by atoms with Crippen LogP contribution in [0.15, 0.2) is 10.7 Å². The topological polar surface area (TPSA) is 26.0 Å². The van der Waals surface area contributed by atoms with Crippen LogP contribution >= 0.6 is 0 Å². The van der Waals surface area contributed by atoms with Crippen LogP contribution in [0.1, 0.15) is 51.4 Å². The van der Waals surface area contributed by atoms with E-state index >= 15 is 0 Å². The second-order valence-corrected chi connectivity index (χ2v) is 4.33. The minimum atomic E-state index is 0.136. The molecule has 0 bridgehead atoms. The average molecular weight is 181 g/mol. The minimum Gasteiger partial charge on any atom is -0.361 e. The van der Waals surface area contributed by atoms with Gasteiger partial charge < -0.3 is 4.52 Å². The maximum absolute atomic E-state index is 5.28. The van der Waals surface area contributed by atoms with Crippen LogP contribution in [0.25, 0.3) is 0 Å². The van der Waals surface area contributed by atoms with Crippen molar-refractivity contribution < 1.29 is 4.52 Å². The Morgan fingerprint density at radius 2 is 2.15 bits per heavy atom. The Morgan fingerprint density at radius 3 is 2.62 bits per heavy atom. The summed E-state index contributed by atoms with van der Waals surface area (Å²) in [5, 5.41) is 3.82. The zero-order valence-corrected chi connectivity index (χ0v) is 9.05. The van der Waals surface area contributed by atoms with Gasteiger partial charge in [-0.05, 0) is 13.3 Å². The highest BCUT2D eigenvalue weighted by Gasteiger charge is 2.25. The Labute approximate surface area is 80.3 Å². The van der Waals surface area contributed by atoms with Crippen LogP contribution < -0.4 is 0 Å². The number of aromatic nitrogens is 1. The SMILES string of the molecule is CCCCC(C)(C)c1oncc1C. The zero-order chi connectivity index (χ0) is 9.90. The van der Waals surface area contributed by atoms with E-state index in [0.29, 0.717) is 0 Å². The summed E-state index contributed by atoms with van der Waals surface area (Å²) >= 11 is 0. The lowest BCUT2D eigenvalue weighted by atomic mass is 9.83. The average Bonchev–Trinajstić information content (AvgIpc) is 2.48. The fourth-order valence-corrected chi connectivity index (χ4v) is 1.68. The number of rotatable bonds is 4. The second-order valence-electron chi connectivity index (χ2n) is 4.33. The van der Waals surface area contributed by atoms with E-state index < -0.39 is 0 Å². The molecule has 0 radical (unpaired) electrons. The molecule has 0 unspecified atom stereocenters. The van der Waals surface area contributed by atoms with E-state index in [1.54, 1.807) is 6.20 Å². The van der Waals surface area contributed by atoms with E-state index in [9.17, 15) is 0 Å². The van der Waals surface area contributed by atoms with Gasteiger partial charge in [0.2, 0.25) is 0 Å². The molecule has 1 heterocycles. The second kappa shape index (κ2) is 3.95. The van der Waals surface area contributed by atoms with Crippen molar-refractivity contribution in [2.24, 2.45) is 0 Å². The summed E-state index contributed by atoms with van der Waals surface area (Å²) in [6.07, 6.45) is 5.44. The molecule has 2 heteroatoms. The van der Waals surface area contributed by atoms with Crippen molar-refractivity contribution in [1.82, 2.24) is 5.16 Å². The third kappa shape index (κ3) is 2.33. The summed E-state index contributed by atoms with van der Waals surface area (Å²) in [5.41, 5.74) is 1.30. The summed E-state index contributed by atoms with van der Waals surface area (Å²) in [4.78, 5) is 0. The first-order valence-electron chi connectivity index (χ1n) is 4.99. The van der Waals surface area contributed by atoms with Gasteiger partial charge >= 0.3 is 0 Å². The van der Waals surface area contributed by atoms with Gasteiger partial charge in [0.25, 0.3) is 0 Å². The molecule has 0 aromatic carbocycles. The molecule has 0 amide bonds. The molecule has 13 heavy (non-hydrogen) atoms. The van der Waals surface area contributed by atoms with Crippen molar-refractivity contribution in [2.75, 3.05) is 0 Å². The summed E-state index contributed by atoms with van der Waals surface area (Å²) in [6, 6.07) is 0.